The summed E-state index contributed by atoms with van der Waals surface area (Å²) in [4.78, 5) is 11.3. The Morgan fingerprint density at radius 1 is 1.38 bits per heavy atom. The second-order valence-electron chi connectivity index (χ2n) is 2.30. The van der Waals surface area contributed by atoms with Gasteiger partial charge in [-0.05, 0) is 34.7 Å². The summed E-state index contributed by atoms with van der Waals surface area (Å²) in [7, 11) is 0. The summed E-state index contributed by atoms with van der Waals surface area (Å²) in [5, 5.41) is 0.864. The highest BCUT2D eigenvalue weighted by molar-refractivity contribution is 14.1. The van der Waals surface area contributed by atoms with Crippen molar-refractivity contribution in [3.05, 3.63) is 31.3 Å². The van der Waals surface area contributed by atoms with Gasteiger partial charge in [0, 0.05) is 8.59 Å². The second kappa shape index (κ2) is 4.82. The first-order valence-electron chi connectivity index (χ1n) is 3.30. The number of alkyl halides is 1. The average Bonchev–Trinajstić information content (AvgIpc) is 2.02. The monoisotopic (exact) mass is 348 g/mol. The van der Waals surface area contributed by atoms with E-state index >= 15 is 0 Å². The second-order valence-corrected chi connectivity index (χ2v) is 4.57. The van der Waals surface area contributed by atoms with E-state index < -0.39 is 0 Å². The van der Waals surface area contributed by atoms with Crippen LogP contribution >= 0.6 is 57.4 Å². The summed E-state index contributed by atoms with van der Waals surface area (Å²) >= 11 is 19.0. The predicted molar refractivity (Wildman–Crippen MR) is 64.2 cm³/mol. The molecule has 13 heavy (non-hydrogen) atoms. The summed E-state index contributed by atoms with van der Waals surface area (Å²) in [5.41, 5.74) is 0.446. The van der Waals surface area contributed by atoms with Crippen molar-refractivity contribution in [2.75, 3.05) is 5.88 Å². The topological polar surface area (TPSA) is 17.1 Å². The van der Waals surface area contributed by atoms with Crippen LogP contribution in [0.15, 0.2) is 12.1 Å². The number of halogens is 4. The van der Waals surface area contributed by atoms with Crippen molar-refractivity contribution in [2.45, 2.75) is 0 Å². The molecule has 0 N–H and O–H groups in total. The Labute approximate surface area is 104 Å². The maximum atomic E-state index is 11.3. The van der Waals surface area contributed by atoms with Crippen LogP contribution in [0.2, 0.25) is 10.0 Å². The van der Waals surface area contributed by atoms with Crippen LogP contribution in [0.3, 0.4) is 0 Å². The van der Waals surface area contributed by atoms with Crippen LogP contribution in [0, 0.1) is 3.57 Å². The minimum absolute atomic E-state index is 0.0721. The molecule has 1 nitrogen and oxygen atoms in total. The van der Waals surface area contributed by atoms with Crippen LogP contribution in [-0.2, 0) is 0 Å². The molecule has 1 rings (SSSR count). The van der Waals surface area contributed by atoms with Gasteiger partial charge in [-0.25, -0.2) is 0 Å². The van der Waals surface area contributed by atoms with Gasteiger partial charge in [0.1, 0.15) is 0 Å². The molecule has 0 aliphatic rings. The number of benzene rings is 1. The van der Waals surface area contributed by atoms with E-state index in [0.717, 1.165) is 3.57 Å². The summed E-state index contributed by atoms with van der Waals surface area (Å²) < 4.78 is 0.723. The highest BCUT2D eigenvalue weighted by Crippen LogP contribution is 2.27. The third-order valence-corrected chi connectivity index (χ3v) is 3.02. The molecular formula is C8H4Cl3IO. The Kier molecular flexibility index (Phi) is 4.29. The molecule has 0 saturated carbocycles. The van der Waals surface area contributed by atoms with Gasteiger partial charge in [0.05, 0.1) is 16.5 Å². The number of ketones is 1. The maximum absolute atomic E-state index is 11.3. The van der Waals surface area contributed by atoms with E-state index in [2.05, 4.69) is 0 Å². The molecule has 0 aromatic heterocycles. The minimum Gasteiger partial charge on any atom is -0.293 e. The number of carbonyl (C=O) groups is 1. The van der Waals surface area contributed by atoms with E-state index in [9.17, 15) is 4.79 Å². The van der Waals surface area contributed by atoms with Gasteiger partial charge in [0.15, 0.2) is 5.78 Å². The molecule has 1 aromatic carbocycles. The fraction of sp³-hybridized carbons (Fsp3) is 0.125. The molecule has 0 fully saturated rings. The van der Waals surface area contributed by atoms with Crippen LogP contribution in [0.1, 0.15) is 10.4 Å². The van der Waals surface area contributed by atoms with E-state index in [1.54, 1.807) is 6.07 Å². The third kappa shape index (κ3) is 2.72. The highest BCUT2D eigenvalue weighted by atomic mass is 127. The van der Waals surface area contributed by atoms with Gasteiger partial charge in [0.2, 0.25) is 0 Å². The van der Waals surface area contributed by atoms with Crippen molar-refractivity contribution in [3.63, 3.8) is 0 Å². The fourth-order valence-corrected chi connectivity index (χ4v) is 2.88. The number of hydrogen-bond acceptors (Lipinski definition) is 1. The highest BCUT2D eigenvalue weighted by Gasteiger charge is 2.13. The summed E-state index contributed by atoms with van der Waals surface area (Å²) in [5.74, 6) is -0.259. The Morgan fingerprint density at radius 2 is 2.00 bits per heavy atom. The number of carbonyl (C=O) groups excluding carboxylic acids is 1. The van der Waals surface area contributed by atoms with E-state index in [4.69, 9.17) is 34.8 Å². The smallest absolute Gasteiger partial charge is 0.180 e. The molecule has 0 aliphatic carbocycles. The van der Waals surface area contributed by atoms with E-state index in [1.807, 2.05) is 22.6 Å². The summed E-state index contributed by atoms with van der Waals surface area (Å²) in [6.07, 6.45) is 0. The van der Waals surface area contributed by atoms with Crippen molar-refractivity contribution >= 4 is 63.2 Å². The van der Waals surface area contributed by atoms with Crippen molar-refractivity contribution in [2.24, 2.45) is 0 Å². The molecule has 0 bridgehead atoms. The first-order chi connectivity index (χ1) is 6.06. The first kappa shape index (κ1) is 11.6. The molecule has 0 saturated heterocycles. The van der Waals surface area contributed by atoms with Crippen LogP contribution in [0.4, 0.5) is 0 Å². The van der Waals surface area contributed by atoms with Crippen molar-refractivity contribution < 1.29 is 4.79 Å². The quantitative estimate of drug-likeness (QED) is 0.448. The van der Waals surface area contributed by atoms with Crippen LogP contribution in [-0.4, -0.2) is 11.7 Å². The molecule has 70 valence electrons. The van der Waals surface area contributed by atoms with Gasteiger partial charge in [-0.3, -0.25) is 4.79 Å². The molecule has 1 aromatic rings. The van der Waals surface area contributed by atoms with Gasteiger partial charge in [0.25, 0.3) is 0 Å². The molecular weight excluding hydrogens is 345 g/mol. The first-order valence-corrected chi connectivity index (χ1v) is 5.67. The molecule has 0 radical (unpaired) electrons. The van der Waals surface area contributed by atoms with Crippen LogP contribution < -0.4 is 0 Å². The largest absolute Gasteiger partial charge is 0.293 e. The molecule has 0 heterocycles. The summed E-state index contributed by atoms with van der Waals surface area (Å²) in [6.45, 7) is 0. The fourth-order valence-electron chi connectivity index (χ4n) is 0.875. The standard InChI is InChI=1S/C8H4Cl3IO/c9-3-7(13)8-5(11)1-4(10)2-6(8)12/h1-2H,3H2. The molecule has 0 aliphatic heterocycles. The average molecular weight is 349 g/mol. The molecule has 0 unspecified atom stereocenters. The number of Topliss-reactive ketones (excluding diaryl/α,β-unsaturated/α-hetero) is 1. The van der Waals surface area contributed by atoms with Crippen molar-refractivity contribution in [1.82, 2.24) is 0 Å². The van der Waals surface area contributed by atoms with E-state index in [-0.39, 0.29) is 11.7 Å². The lowest BCUT2D eigenvalue weighted by Crippen LogP contribution is -2.04. The van der Waals surface area contributed by atoms with E-state index in [1.165, 1.54) is 6.07 Å². The molecule has 0 amide bonds. The summed E-state index contributed by atoms with van der Waals surface area (Å²) in [6, 6.07) is 3.21. The Hall–Kier alpha value is 0.490. The van der Waals surface area contributed by atoms with Gasteiger partial charge >= 0.3 is 0 Å². The SMILES string of the molecule is O=C(CCl)c1c(Cl)cc(Cl)cc1I. The van der Waals surface area contributed by atoms with Gasteiger partial charge in [-0.2, -0.15) is 0 Å². The molecule has 5 heteroatoms. The molecule has 0 spiro atoms. The lowest BCUT2D eigenvalue weighted by molar-refractivity contribution is 0.102. The van der Waals surface area contributed by atoms with Crippen molar-refractivity contribution in [3.8, 4) is 0 Å². The molecule has 0 atom stereocenters. The predicted octanol–water partition coefficient (Wildman–Crippen LogP) is 4.02. The number of rotatable bonds is 2. The Morgan fingerprint density at radius 3 is 2.46 bits per heavy atom. The lowest BCUT2D eigenvalue weighted by Gasteiger charge is -2.04. The zero-order chi connectivity index (χ0) is 10.0. The van der Waals surface area contributed by atoms with Gasteiger partial charge in [-0.1, -0.05) is 23.2 Å². The zero-order valence-electron chi connectivity index (χ0n) is 6.28. The Bertz CT molecular complexity index is 328. The van der Waals surface area contributed by atoms with E-state index in [0.29, 0.717) is 15.6 Å². The normalized spacial score (nSPS) is 10.2. The minimum atomic E-state index is -0.187. The number of hydrogen-bond donors (Lipinski definition) is 0. The van der Waals surface area contributed by atoms with Crippen molar-refractivity contribution in [1.29, 1.82) is 0 Å². The van der Waals surface area contributed by atoms with Gasteiger partial charge in [-0.15, -0.1) is 11.6 Å². The van der Waals surface area contributed by atoms with Gasteiger partial charge < -0.3 is 0 Å². The zero-order valence-corrected chi connectivity index (χ0v) is 10.7. The lowest BCUT2D eigenvalue weighted by atomic mass is 10.1. The third-order valence-electron chi connectivity index (χ3n) is 1.41. The maximum Gasteiger partial charge on any atom is 0.180 e. The Balaban J connectivity index is 3.28. The van der Waals surface area contributed by atoms with Crippen LogP contribution in [0.25, 0.3) is 0 Å². The van der Waals surface area contributed by atoms with Crippen LogP contribution in [0.5, 0.6) is 0 Å².